The van der Waals surface area contributed by atoms with Crippen LogP contribution in [-0.2, 0) is 0 Å². The van der Waals surface area contributed by atoms with E-state index in [1.54, 1.807) is 29.3 Å². The van der Waals surface area contributed by atoms with Gasteiger partial charge in [-0.15, -0.1) is 11.3 Å². The highest BCUT2D eigenvalue weighted by Crippen LogP contribution is 2.33. The lowest BCUT2D eigenvalue weighted by atomic mass is 10.3. The third-order valence-electron chi connectivity index (χ3n) is 4.31. The first-order valence-electron chi connectivity index (χ1n) is 8.76. The first-order chi connectivity index (χ1) is 13.2. The van der Waals surface area contributed by atoms with Crippen molar-refractivity contribution in [3.63, 3.8) is 0 Å². The Morgan fingerprint density at radius 1 is 1.15 bits per heavy atom. The molecule has 0 bridgehead atoms. The molecule has 0 aliphatic carbocycles. The normalized spacial score (nSPS) is 14.4. The van der Waals surface area contributed by atoms with Crippen molar-refractivity contribution in [3.05, 3.63) is 36.3 Å². The van der Waals surface area contributed by atoms with Gasteiger partial charge in [-0.25, -0.2) is 19.9 Å². The number of anilines is 3. The number of hydrogen-bond acceptors (Lipinski definition) is 9. The number of thioether (sulfide) groups is 1. The van der Waals surface area contributed by atoms with Crippen LogP contribution in [0, 0.1) is 6.92 Å². The predicted octanol–water partition coefficient (Wildman–Crippen LogP) is 3.18. The van der Waals surface area contributed by atoms with Gasteiger partial charge in [-0.1, -0.05) is 11.8 Å². The quantitative estimate of drug-likeness (QED) is 0.634. The van der Waals surface area contributed by atoms with Crippen molar-refractivity contribution < 1.29 is 0 Å². The van der Waals surface area contributed by atoms with E-state index in [0.717, 1.165) is 58.3 Å². The summed E-state index contributed by atoms with van der Waals surface area (Å²) in [6.07, 6.45) is 5.69. The molecule has 0 spiro atoms. The van der Waals surface area contributed by atoms with Gasteiger partial charge in [-0.05, 0) is 31.4 Å². The molecule has 1 aliphatic heterocycles. The third kappa shape index (κ3) is 4.20. The fourth-order valence-corrected chi connectivity index (χ4v) is 4.51. The number of piperazine rings is 1. The lowest BCUT2D eigenvalue weighted by Gasteiger charge is -2.29. The Bertz CT molecular complexity index is 904. The molecule has 1 fully saturated rings. The molecule has 0 unspecified atom stereocenters. The Morgan fingerprint density at radius 3 is 2.70 bits per heavy atom. The third-order valence-corrected chi connectivity index (χ3v) is 6.47. The smallest absolute Gasteiger partial charge is 0.228 e. The fourth-order valence-electron chi connectivity index (χ4n) is 2.93. The van der Waals surface area contributed by atoms with Crippen LogP contribution in [0.25, 0.3) is 10.6 Å². The van der Waals surface area contributed by atoms with E-state index in [0.29, 0.717) is 5.95 Å². The molecule has 0 radical (unpaired) electrons. The highest BCUT2D eigenvalue weighted by molar-refractivity contribution is 8.00. The van der Waals surface area contributed by atoms with Crippen molar-refractivity contribution in [2.45, 2.75) is 11.3 Å². The number of hydrogen-bond donors (Lipinski definition) is 2. The maximum atomic E-state index is 4.64. The maximum absolute atomic E-state index is 4.64. The second-order valence-corrected chi connectivity index (χ2v) is 8.18. The number of nitrogens with one attached hydrogen (secondary N) is 2. The zero-order chi connectivity index (χ0) is 18.6. The molecule has 0 saturated carbocycles. The molecule has 0 amide bonds. The Labute approximate surface area is 166 Å². The van der Waals surface area contributed by atoms with Crippen LogP contribution < -0.4 is 15.5 Å². The average molecular weight is 400 g/mol. The second kappa shape index (κ2) is 8.20. The standard InChI is InChI=1S/C18H21N7S2/c1-12-16(27-18(22-12)26-2)14-5-6-20-17(23-14)24-15-4-3-13(11-21-15)25-9-7-19-8-10-25/h3-6,11,19H,7-10H2,1-2H3,(H,20,21,23,24). The van der Waals surface area contributed by atoms with Crippen LogP contribution in [0.1, 0.15) is 5.69 Å². The molecule has 7 nitrogen and oxygen atoms in total. The molecular formula is C18H21N7S2. The molecule has 0 aromatic carbocycles. The van der Waals surface area contributed by atoms with E-state index in [9.17, 15) is 0 Å². The molecule has 4 rings (SSSR count). The Balaban J connectivity index is 1.50. The number of rotatable bonds is 5. The van der Waals surface area contributed by atoms with E-state index in [4.69, 9.17) is 0 Å². The van der Waals surface area contributed by atoms with Gasteiger partial charge in [0.1, 0.15) is 5.82 Å². The molecule has 1 aliphatic rings. The minimum absolute atomic E-state index is 0.536. The minimum Gasteiger partial charge on any atom is -0.368 e. The van der Waals surface area contributed by atoms with E-state index in [1.807, 2.05) is 31.5 Å². The largest absolute Gasteiger partial charge is 0.368 e. The van der Waals surface area contributed by atoms with Crippen molar-refractivity contribution >= 4 is 40.6 Å². The monoisotopic (exact) mass is 399 g/mol. The van der Waals surface area contributed by atoms with Crippen molar-refractivity contribution in [3.8, 4) is 10.6 Å². The summed E-state index contributed by atoms with van der Waals surface area (Å²) in [4.78, 5) is 21.4. The summed E-state index contributed by atoms with van der Waals surface area (Å²) >= 11 is 3.30. The van der Waals surface area contributed by atoms with Gasteiger partial charge in [0.2, 0.25) is 5.95 Å². The number of aromatic nitrogens is 4. The molecule has 9 heteroatoms. The van der Waals surface area contributed by atoms with E-state index in [-0.39, 0.29) is 0 Å². The molecule has 0 atom stereocenters. The predicted molar refractivity (Wildman–Crippen MR) is 112 cm³/mol. The molecular weight excluding hydrogens is 378 g/mol. The van der Waals surface area contributed by atoms with Crippen molar-refractivity contribution in [2.75, 3.05) is 42.7 Å². The lowest BCUT2D eigenvalue weighted by molar-refractivity contribution is 0.589. The Morgan fingerprint density at radius 2 is 2.00 bits per heavy atom. The number of nitrogens with zero attached hydrogens (tertiary/aromatic N) is 5. The molecule has 27 heavy (non-hydrogen) atoms. The number of aryl methyl sites for hydroxylation is 1. The van der Waals surface area contributed by atoms with Gasteiger partial charge >= 0.3 is 0 Å². The van der Waals surface area contributed by atoms with Crippen LogP contribution in [0.15, 0.2) is 34.9 Å². The van der Waals surface area contributed by atoms with E-state index in [2.05, 4.69) is 41.5 Å². The average Bonchev–Trinajstić information content (AvgIpc) is 3.10. The van der Waals surface area contributed by atoms with E-state index < -0.39 is 0 Å². The molecule has 3 aromatic rings. The molecule has 3 aromatic heterocycles. The van der Waals surface area contributed by atoms with Gasteiger partial charge in [0.25, 0.3) is 0 Å². The highest BCUT2D eigenvalue weighted by Gasteiger charge is 2.13. The van der Waals surface area contributed by atoms with Gasteiger partial charge in [0.15, 0.2) is 4.34 Å². The minimum atomic E-state index is 0.536. The Kier molecular flexibility index (Phi) is 5.51. The summed E-state index contributed by atoms with van der Waals surface area (Å²) in [5.74, 6) is 1.27. The van der Waals surface area contributed by atoms with Crippen LogP contribution in [-0.4, -0.2) is 52.4 Å². The summed E-state index contributed by atoms with van der Waals surface area (Å²) in [6.45, 7) is 6.04. The van der Waals surface area contributed by atoms with Crippen LogP contribution in [0.4, 0.5) is 17.5 Å². The Hall–Kier alpha value is -2.23. The first kappa shape index (κ1) is 18.1. The van der Waals surface area contributed by atoms with Gasteiger partial charge in [-0.3, -0.25) is 0 Å². The molecule has 4 heterocycles. The maximum Gasteiger partial charge on any atom is 0.228 e. The number of pyridine rings is 1. The van der Waals surface area contributed by atoms with Gasteiger partial charge < -0.3 is 15.5 Å². The van der Waals surface area contributed by atoms with Gasteiger partial charge in [0.05, 0.1) is 28.1 Å². The molecule has 140 valence electrons. The highest BCUT2D eigenvalue weighted by atomic mass is 32.2. The second-order valence-electron chi connectivity index (χ2n) is 6.13. The molecule has 2 N–H and O–H groups in total. The topological polar surface area (TPSA) is 78.9 Å². The van der Waals surface area contributed by atoms with Gasteiger partial charge in [0, 0.05) is 32.4 Å². The summed E-state index contributed by atoms with van der Waals surface area (Å²) in [6, 6.07) is 5.97. The zero-order valence-electron chi connectivity index (χ0n) is 15.3. The first-order valence-corrected chi connectivity index (χ1v) is 10.8. The summed E-state index contributed by atoms with van der Waals surface area (Å²) in [7, 11) is 0. The summed E-state index contributed by atoms with van der Waals surface area (Å²) in [5, 5.41) is 6.56. The summed E-state index contributed by atoms with van der Waals surface area (Å²) in [5.41, 5.74) is 3.01. The fraction of sp³-hybridized carbons (Fsp3) is 0.333. The van der Waals surface area contributed by atoms with E-state index >= 15 is 0 Å². The van der Waals surface area contributed by atoms with Crippen molar-refractivity contribution in [1.29, 1.82) is 0 Å². The zero-order valence-corrected chi connectivity index (χ0v) is 16.9. The number of thiazole rings is 1. The molecule has 1 saturated heterocycles. The van der Waals surface area contributed by atoms with Gasteiger partial charge in [-0.2, -0.15) is 0 Å². The van der Waals surface area contributed by atoms with Crippen LogP contribution in [0.2, 0.25) is 0 Å². The van der Waals surface area contributed by atoms with Crippen molar-refractivity contribution in [1.82, 2.24) is 25.3 Å². The van der Waals surface area contributed by atoms with Crippen molar-refractivity contribution in [2.24, 2.45) is 0 Å². The lowest BCUT2D eigenvalue weighted by Crippen LogP contribution is -2.43. The van der Waals surface area contributed by atoms with Crippen LogP contribution >= 0.6 is 23.1 Å². The van der Waals surface area contributed by atoms with Crippen LogP contribution in [0.3, 0.4) is 0 Å². The van der Waals surface area contributed by atoms with E-state index in [1.165, 1.54) is 0 Å². The SMILES string of the molecule is CSc1nc(C)c(-c2ccnc(Nc3ccc(N4CCNCC4)cn3)n2)s1. The van der Waals surface area contributed by atoms with Crippen LogP contribution in [0.5, 0.6) is 0 Å². The summed E-state index contributed by atoms with van der Waals surface area (Å²) < 4.78 is 1.04.